The number of hydrogen-bond donors (Lipinski definition) is 0. The highest BCUT2D eigenvalue weighted by molar-refractivity contribution is 5.98. The van der Waals surface area contributed by atoms with Crippen molar-refractivity contribution in [1.29, 1.82) is 0 Å². The van der Waals surface area contributed by atoms with E-state index in [1.807, 2.05) is 38.1 Å². The van der Waals surface area contributed by atoms with Crippen LogP contribution in [0.5, 0.6) is 5.75 Å². The highest BCUT2D eigenvalue weighted by Gasteiger charge is 2.22. The highest BCUT2D eigenvalue weighted by Crippen LogP contribution is 2.23. The second kappa shape index (κ2) is 6.01. The van der Waals surface area contributed by atoms with Gasteiger partial charge in [0.15, 0.2) is 5.78 Å². The third-order valence-electron chi connectivity index (χ3n) is 3.08. The molecule has 0 radical (unpaired) electrons. The van der Waals surface area contributed by atoms with Gasteiger partial charge >= 0.3 is 0 Å². The fourth-order valence-electron chi connectivity index (χ4n) is 2.19. The molecule has 0 bridgehead atoms. The van der Waals surface area contributed by atoms with Gasteiger partial charge in [-0.25, -0.2) is 0 Å². The molecule has 1 aromatic carbocycles. The van der Waals surface area contributed by atoms with Crippen LogP contribution in [-0.2, 0) is 4.74 Å². The van der Waals surface area contributed by atoms with Crippen LogP contribution in [0.2, 0.25) is 0 Å². The van der Waals surface area contributed by atoms with Crippen LogP contribution in [0.1, 0.15) is 37.0 Å². The van der Waals surface area contributed by atoms with E-state index < -0.39 is 0 Å². The van der Waals surface area contributed by atoms with Crippen molar-refractivity contribution < 1.29 is 14.3 Å². The number of rotatable bonds is 4. The van der Waals surface area contributed by atoms with Gasteiger partial charge in [-0.3, -0.25) is 4.79 Å². The zero-order valence-electron chi connectivity index (χ0n) is 11.0. The summed E-state index contributed by atoms with van der Waals surface area (Å²) in [7, 11) is 0. The van der Waals surface area contributed by atoms with E-state index in [0.29, 0.717) is 13.2 Å². The Morgan fingerprint density at radius 3 is 2.72 bits per heavy atom. The SMILES string of the molecule is CC(C)Oc1cccc(C(=O)C2CCOCC2)c1. The lowest BCUT2D eigenvalue weighted by Gasteiger charge is -2.21. The molecule has 1 fully saturated rings. The summed E-state index contributed by atoms with van der Waals surface area (Å²) in [6, 6.07) is 7.48. The van der Waals surface area contributed by atoms with Gasteiger partial charge in [-0.15, -0.1) is 0 Å². The molecule has 1 aliphatic rings. The molecule has 1 aliphatic heterocycles. The molecule has 1 aromatic rings. The van der Waals surface area contributed by atoms with E-state index in [1.54, 1.807) is 0 Å². The van der Waals surface area contributed by atoms with Crippen LogP contribution < -0.4 is 4.74 Å². The molecule has 0 saturated carbocycles. The topological polar surface area (TPSA) is 35.5 Å². The molecular formula is C15H20O3. The summed E-state index contributed by atoms with van der Waals surface area (Å²) in [5, 5.41) is 0. The van der Waals surface area contributed by atoms with Crippen LogP contribution in [0.3, 0.4) is 0 Å². The van der Waals surface area contributed by atoms with Crippen LogP contribution in [0, 0.1) is 5.92 Å². The first-order valence-electron chi connectivity index (χ1n) is 6.55. The van der Waals surface area contributed by atoms with E-state index in [-0.39, 0.29) is 17.8 Å². The zero-order chi connectivity index (χ0) is 13.0. The molecule has 1 saturated heterocycles. The molecular weight excluding hydrogens is 228 g/mol. The lowest BCUT2D eigenvalue weighted by Crippen LogP contribution is -2.23. The van der Waals surface area contributed by atoms with E-state index in [4.69, 9.17) is 9.47 Å². The Labute approximate surface area is 108 Å². The smallest absolute Gasteiger partial charge is 0.166 e. The standard InChI is InChI=1S/C15H20O3/c1-11(2)18-14-5-3-4-13(10-14)15(16)12-6-8-17-9-7-12/h3-5,10-12H,6-9H2,1-2H3. The van der Waals surface area contributed by atoms with Gasteiger partial charge in [-0.05, 0) is 38.8 Å². The number of carbonyl (C=O) groups is 1. The van der Waals surface area contributed by atoms with Crippen molar-refractivity contribution in [3.63, 3.8) is 0 Å². The maximum Gasteiger partial charge on any atom is 0.166 e. The summed E-state index contributed by atoms with van der Waals surface area (Å²) >= 11 is 0. The Bertz CT molecular complexity index is 406. The molecule has 3 heteroatoms. The van der Waals surface area contributed by atoms with E-state index >= 15 is 0 Å². The van der Waals surface area contributed by atoms with Gasteiger partial charge in [0.1, 0.15) is 5.75 Å². The predicted octanol–water partition coefficient (Wildman–Crippen LogP) is 3.08. The quantitative estimate of drug-likeness (QED) is 0.768. The van der Waals surface area contributed by atoms with E-state index in [2.05, 4.69) is 0 Å². The van der Waals surface area contributed by atoms with E-state index in [1.165, 1.54) is 0 Å². The minimum absolute atomic E-state index is 0.105. The minimum Gasteiger partial charge on any atom is -0.491 e. The summed E-state index contributed by atoms with van der Waals surface area (Å²) in [4.78, 5) is 12.3. The molecule has 0 aliphatic carbocycles. The number of ether oxygens (including phenoxy) is 2. The molecule has 0 spiro atoms. The molecule has 1 heterocycles. The molecule has 3 nitrogen and oxygen atoms in total. The summed E-state index contributed by atoms with van der Waals surface area (Å²) < 4.78 is 10.9. The van der Waals surface area contributed by atoms with Crippen molar-refractivity contribution in [2.75, 3.05) is 13.2 Å². The van der Waals surface area contributed by atoms with Crippen LogP contribution in [0.15, 0.2) is 24.3 Å². The maximum absolute atomic E-state index is 12.3. The summed E-state index contributed by atoms with van der Waals surface area (Å²) in [6.45, 7) is 5.34. The van der Waals surface area contributed by atoms with Crippen molar-refractivity contribution in [2.24, 2.45) is 5.92 Å². The van der Waals surface area contributed by atoms with Crippen LogP contribution in [0.25, 0.3) is 0 Å². The Kier molecular flexibility index (Phi) is 4.37. The van der Waals surface area contributed by atoms with E-state index in [0.717, 1.165) is 24.2 Å². The van der Waals surface area contributed by atoms with E-state index in [9.17, 15) is 4.79 Å². The Hall–Kier alpha value is -1.35. The largest absolute Gasteiger partial charge is 0.491 e. The van der Waals surface area contributed by atoms with Crippen molar-refractivity contribution in [3.8, 4) is 5.75 Å². The molecule has 0 unspecified atom stereocenters. The van der Waals surface area contributed by atoms with Gasteiger partial charge in [-0.1, -0.05) is 12.1 Å². The first kappa shape index (κ1) is 13.1. The number of Topliss-reactive ketones (excluding diaryl/α,β-unsaturated/α-hetero) is 1. The Balaban J connectivity index is 2.09. The number of carbonyl (C=O) groups excluding carboxylic acids is 1. The first-order valence-corrected chi connectivity index (χ1v) is 6.55. The van der Waals surface area contributed by atoms with Gasteiger partial charge in [0.25, 0.3) is 0 Å². The number of benzene rings is 1. The van der Waals surface area contributed by atoms with Gasteiger partial charge in [-0.2, -0.15) is 0 Å². The van der Waals surface area contributed by atoms with Gasteiger partial charge in [0.05, 0.1) is 6.10 Å². The summed E-state index contributed by atoms with van der Waals surface area (Å²) in [5.41, 5.74) is 0.750. The second-order valence-electron chi connectivity index (χ2n) is 4.95. The fraction of sp³-hybridized carbons (Fsp3) is 0.533. The summed E-state index contributed by atoms with van der Waals surface area (Å²) in [6.07, 6.45) is 1.78. The first-order chi connectivity index (χ1) is 8.66. The second-order valence-corrected chi connectivity index (χ2v) is 4.95. The molecule has 0 amide bonds. The average Bonchev–Trinajstić information content (AvgIpc) is 2.38. The average molecular weight is 248 g/mol. The van der Waals surface area contributed by atoms with Crippen molar-refractivity contribution >= 4 is 5.78 Å². The molecule has 2 rings (SSSR count). The van der Waals surface area contributed by atoms with Crippen molar-refractivity contribution in [1.82, 2.24) is 0 Å². The predicted molar refractivity (Wildman–Crippen MR) is 70.1 cm³/mol. The van der Waals surface area contributed by atoms with Crippen LogP contribution in [-0.4, -0.2) is 25.1 Å². The van der Waals surface area contributed by atoms with Crippen LogP contribution >= 0.6 is 0 Å². The molecule has 0 atom stereocenters. The van der Waals surface area contributed by atoms with Gasteiger partial charge in [0, 0.05) is 24.7 Å². The molecule has 18 heavy (non-hydrogen) atoms. The monoisotopic (exact) mass is 248 g/mol. The molecule has 0 aromatic heterocycles. The molecule has 0 N–H and O–H groups in total. The lowest BCUT2D eigenvalue weighted by atomic mass is 9.91. The Morgan fingerprint density at radius 1 is 1.33 bits per heavy atom. The normalized spacial score (nSPS) is 16.8. The number of ketones is 1. The zero-order valence-corrected chi connectivity index (χ0v) is 11.0. The number of hydrogen-bond acceptors (Lipinski definition) is 3. The third kappa shape index (κ3) is 3.33. The van der Waals surface area contributed by atoms with Crippen LogP contribution in [0.4, 0.5) is 0 Å². The summed E-state index contributed by atoms with van der Waals surface area (Å²) in [5.74, 6) is 1.09. The highest BCUT2D eigenvalue weighted by atomic mass is 16.5. The minimum atomic E-state index is 0.105. The lowest BCUT2D eigenvalue weighted by molar-refractivity contribution is 0.0544. The Morgan fingerprint density at radius 2 is 2.06 bits per heavy atom. The van der Waals surface area contributed by atoms with Crippen molar-refractivity contribution in [2.45, 2.75) is 32.8 Å². The molecule has 98 valence electrons. The van der Waals surface area contributed by atoms with Gasteiger partial charge in [0.2, 0.25) is 0 Å². The van der Waals surface area contributed by atoms with Crippen molar-refractivity contribution in [3.05, 3.63) is 29.8 Å². The van der Waals surface area contributed by atoms with Gasteiger partial charge < -0.3 is 9.47 Å². The third-order valence-corrected chi connectivity index (χ3v) is 3.08. The fourth-order valence-corrected chi connectivity index (χ4v) is 2.19. The maximum atomic E-state index is 12.3.